The molecule has 0 radical (unpaired) electrons. The molecule has 0 bridgehead atoms. The Morgan fingerprint density at radius 3 is 2.68 bits per heavy atom. The van der Waals surface area contributed by atoms with Gasteiger partial charge in [0.25, 0.3) is 5.91 Å². The van der Waals surface area contributed by atoms with Crippen LogP contribution in [0.25, 0.3) is 0 Å². The number of benzene rings is 1. The van der Waals surface area contributed by atoms with Crippen molar-refractivity contribution < 1.29 is 18.0 Å². The van der Waals surface area contributed by atoms with Gasteiger partial charge < -0.3 is 0 Å². The van der Waals surface area contributed by atoms with E-state index in [1.165, 1.54) is 23.5 Å². The molecule has 1 aromatic carbocycles. The molecule has 0 aliphatic heterocycles. The Labute approximate surface area is 129 Å². The van der Waals surface area contributed by atoms with Crippen LogP contribution in [0.15, 0.2) is 24.3 Å². The van der Waals surface area contributed by atoms with Crippen LogP contribution in [0, 0.1) is 5.92 Å². The Kier molecular flexibility index (Phi) is 4.80. The average Bonchev–Trinajstić information content (AvgIpc) is 2.84. The molecule has 0 fully saturated rings. The molecule has 1 aromatic heterocycles. The van der Waals surface area contributed by atoms with Gasteiger partial charge in [0.05, 0.1) is 5.56 Å². The molecule has 4 nitrogen and oxygen atoms in total. The predicted molar refractivity (Wildman–Crippen MR) is 77.8 cm³/mol. The zero-order valence-corrected chi connectivity index (χ0v) is 12.8. The molecule has 0 saturated carbocycles. The molecule has 22 heavy (non-hydrogen) atoms. The first kappa shape index (κ1) is 16.4. The summed E-state index contributed by atoms with van der Waals surface area (Å²) in [5.74, 6) is -0.238. The van der Waals surface area contributed by atoms with Crippen LogP contribution in [0.5, 0.6) is 0 Å². The second kappa shape index (κ2) is 6.43. The van der Waals surface area contributed by atoms with Gasteiger partial charge >= 0.3 is 6.18 Å². The highest BCUT2D eigenvalue weighted by molar-refractivity contribution is 7.15. The molecule has 0 aliphatic rings. The number of hydrogen-bond acceptors (Lipinski definition) is 4. The van der Waals surface area contributed by atoms with Crippen LogP contribution in [0.4, 0.5) is 18.3 Å². The van der Waals surface area contributed by atoms with Crippen molar-refractivity contribution in [2.45, 2.75) is 26.4 Å². The van der Waals surface area contributed by atoms with Crippen LogP contribution >= 0.6 is 11.3 Å². The monoisotopic (exact) mass is 329 g/mol. The maximum absolute atomic E-state index is 12.6. The van der Waals surface area contributed by atoms with E-state index in [-0.39, 0.29) is 10.7 Å². The van der Waals surface area contributed by atoms with Gasteiger partial charge in [-0.25, -0.2) is 0 Å². The first-order chi connectivity index (χ1) is 10.3. The highest BCUT2D eigenvalue weighted by Gasteiger charge is 2.30. The van der Waals surface area contributed by atoms with E-state index in [4.69, 9.17) is 0 Å². The number of rotatable bonds is 4. The van der Waals surface area contributed by atoms with Crippen molar-refractivity contribution >= 4 is 22.4 Å². The van der Waals surface area contributed by atoms with E-state index in [0.29, 0.717) is 5.92 Å². The van der Waals surface area contributed by atoms with E-state index in [1.54, 1.807) is 0 Å². The molecule has 0 aliphatic carbocycles. The molecule has 1 heterocycles. The number of carbonyl (C=O) groups excluding carboxylic acids is 1. The number of nitrogens with zero attached hydrogens (tertiary/aromatic N) is 2. The summed E-state index contributed by atoms with van der Waals surface area (Å²) in [7, 11) is 0. The van der Waals surface area contributed by atoms with Crippen molar-refractivity contribution in [3.63, 3.8) is 0 Å². The topological polar surface area (TPSA) is 54.9 Å². The zero-order valence-electron chi connectivity index (χ0n) is 11.9. The third-order valence-electron chi connectivity index (χ3n) is 2.72. The Hall–Kier alpha value is -1.96. The minimum absolute atomic E-state index is 0.0737. The van der Waals surface area contributed by atoms with Crippen molar-refractivity contribution in [2.75, 3.05) is 5.32 Å². The molecule has 0 saturated heterocycles. The van der Waals surface area contributed by atoms with Crippen molar-refractivity contribution in [1.29, 1.82) is 0 Å². The van der Waals surface area contributed by atoms with Gasteiger partial charge in [-0.3, -0.25) is 10.1 Å². The number of anilines is 1. The second-order valence-electron chi connectivity index (χ2n) is 5.13. The molecular weight excluding hydrogens is 315 g/mol. The molecular formula is C14H14F3N3OS. The third-order valence-corrected chi connectivity index (χ3v) is 3.58. The van der Waals surface area contributed by atoms with Gasteiger partial charge in [0, 0.05) is 12.0 Å². The lowest BCUT2D eigenvalue weighted by molar-refractivity contribution is -0.137. The maximum atomic E-state index is 12.6. The molecule has 1 amide bonds. The number of carbonyl (C=O) groups is 1. The minimum atomic E-state index is -4.48. The van der Waals surface area contributed by atoms with Gasteiger partial charge in [-0.1, -0.05) is 31.3 Å². The summed E-state index contributed by atoms with van der Waals surface area (Å²) >= 11 is 1.22. The number of hydrogen-bond donors (Lipinski definition) is 1. The van der Waals surface area contributed by atoms with E-state index < -0.39 is 17.6 Å². The van der Waals surface area contributed by atoms with Gasteiger partial charge in [0.15, 0.2) is 0 Å². The fraction of sp³-hybridized carbons (Fsp3) is 0.357. The van der Waals surface area contributed by atoms with Crippen LogP contribution in [0.3, 0.4) is 0 Å². The number of nitrogens with one attached hydrogen (secondary N) is 1. The molecule has 2 aromatic rings. The zero-order chi connectivity index (χ0) is 16.3. The van der Waals surface area contributed by atoms with E-state index in [1.807, 2.05) is 13.8 Å². The van der Waals surface area contributed by atoms with Crippen LogP contribution in [0.2, 0.25) is 0 Å². The van der Waals surface area contributed by atoms with Crippen LogP contribution in [-0.4, -0.2) is 16.1 Å². The van der Waals surface area contributed by atoms with Gasteiger partial charge in [0.1, 0.15) is 5.01 Å². The average molecular weight is 329 g/mol. The van der Waals surface area contributed by atoms with E-state index in [2.05, 4.69) is 15.5 Å². The summed E-state index contributed by atoms with van der Waals surface area (Å²) in [6.45, 7) is 4.06. The lowest BCUT2D eigenvalue weighted by Crippen LogP contribution is -2.13. The molecule has 0 unspecified atom stereocenters. The highest BCUT2D eigenvalue weighted by Crippen LogP contribution is 2.29. The number of amides is 1. The summed E-state index contributed by atoms with van der Waals surface area (Å²) in [6.07, 6.45) is -3.75. The van der Waals surface area contributed by atoms with E-state index in [9.17, 15) is 18.0 Å². The minimum Gasteiger partial charge on any atom is -0.296 e. The summed E-state index contributed by atoms with van der Waals surface area (Å²) < 4.78 is 37.9. The fourth-order valence-electron chi connectivity index (χ4n) is 1.74. The van der Waals surface area contributed by atoms with E-state index >= 15 is 0 Å². The Morgan fingerprint density at radius 2 is 2.05 bits per heavy atom. The molecule has 0 spiro atoms. The number of aromatic nitrogens is 2. The summed E-state index contributed by atoms with van der Waals surface area (Å²) in [5.41, 5.74) is -0.937. The summed E-state index contributed by atoms with van der Waals surface area (Å²) in [4.78, 5) is 12.0. The largest absolute Gasteiger partial charge is 0.416 e. The van der Waals surface area contributed by atoms with E-state index in [0.717, 1.165) is 23.6 Å². The van der Waals surface area contributed by atoms with Crippen molar-refractivity contribution in [2.24, 2.45) is 5.92 Å². The predicted octanol–water partition coefficient (Wildman–Crippen LogP) is 4.01. The van der Waals surface area contributed by atoms with Crippen LogP contribution in [-0.2, 0) is 12.6 Å². The molecule has 8 heteroatoms. The van der Waals surface area contributed by atoms with Crippen LogP contribution < -0.4 is 5.32 Å². The standard InChI is InChI=1S/C14H14F3N3OS/c1-8(2)6-11-19-20-13(22-11)18-12(21)9-4-3-5-10(7-9)14(15,16)17/h3-5,7-8H,6H2,1-2H3,(H,18,20,21). The SMILES string of the molecule is CC(C)Cc1nnc(NC(=O)c2cccc(C(F)(F)F)c2)s1. The molecule has 118 valence electrons. The Morgan fingerprint density at radius 1 is 1.32 bits per heavy atom. The van der Waals surface area contributed by atoms with Gasteiger partial charge in [-0.05, 0) is 24.1 Å². The number of alkyl halides is 3. The molecule has 1 N–H and O–H groups in total. The highest BCUT2D eigenvalue weighted by atomic mass is 32.1. The maximum Gasteiger partial charge on any atom is 0.416 e. The number of halogens is 3. The summed E-state index contributed by atoms with van der Waals surface area (Å²) in [5, 5.41) is 11.3. The van der Waals surface area contributed by atoms with Crippen molar-refractivity contribution in [3.8, 4) is 0 Å². The molecule has 2 rings (SSSR count). The van der Waals surface area contributed by atoms with Crippen molar-refractivity contribution in [3.05, 3.63) is 40.4 Å². The smallest absolute Gasteiger partial charge is 0.296 e. The molecule has 0 atom stereocenters. The second-order valence-corrected chi connectivity index (χ2v) is 6.19. The summed E-state index contributed by atoms with van der Waals surface area (Å²) in [6, 6.07) is 4.25. The first-order valence-electron chi connectivity index (χ1n) is 6.56. The lowest BCUT2D eigenvalue weighted by Gasteiger charge is -2.08. The van der Waals surface area contributed by atoms with Gasteiger partial charge in [-0.15, -0.1) is 10.2 Å². The Balaban J connectivity index is 2.11. The quantitative estimate of drug-likeness (QED) is 0.922. The lowest BCUT2D eigenvalue weighted by atomic mass is 10.1. The Bertz CT molecular complexity index is 667. The third kappa shape index (κ3) is 4.27. The van der Waals surface area contributed by atoms with Crippen molar-refractivity contribution in [1.82, 2.24) is 10.2 Å². The first-order valence-corrected chi connectivity index (χ1v) is 7.38. The van der Waals surface area contributed by atoms with Gasteiger partial charge in [-0.2, -0.15) is 13.2 Å². The van der Waals surface area contributed by atoms with Crippen LogP contribution in [0.1, 0.15) is 34.8 Å². The van der Waals surface area contributed by atoms with Gasteiger partial charge in [0.2, 0.25) is 5.13 Å². The fourth-order valence-corrected chi connectivity index (χ4v) is 2.69. The normalized spacial score (nSPS) is 11.7.